The number of hydrogen-bond acceptors (Lipinski definition) is 6. The van der Waals surface area contributed by atoms with Gasteiger partial charge in [-0.15, -0.1) is 0 Å². The van der Waals surface area contributed by atoms with Crippen molar-refractivity contribution < 1.29 is 17.8 Å². The van der Waals surface area contributed by atoms with Gasteiger partial charge >= 0.3 is 5.82 Å². The van der Waals surface area contributed by atoms with Gasteiger partial charge in [0.1, 0.15) is 17.7 Å². The van der Waals surface area contributed by atoms with Crippen molar-refractivity contribution in [3.8, 4) is 11.3 Å². The molecule has 0 amide bonds. The van der Waals surface area contributed by atoms with Crippen LogP contribution in [-0.2, 0) is 15.6 Å². The van der Waals surface area contributed by atoms with Gasteiger partial charge in [0.15, 0.2) is 15.5 Å². The van der Waals surface area contributed by atoms with Gasteiger partial charge in [0.2, 0.25) is 5.65 Å². The maximum absolute atomic E-state index is 12.7. The molecule has 0 bridgehead atoms. The van der Waals surface area contributed by atoms with Crippen LogP contribution in [0.2, 0.25) is 5.02 Å². The number of sulfone groups is 1. The number of imidazole rings is 1. The highest BCUT2D eigenvalue weighted by Crippen LogP contribution is 2.33. The number of rotatable bonds is 5. The molecule has 0 fully saturated rings. The van der Waals surface area contributed by atoms with Gasteiger partial charge in [0, 0.05) is 0 Å². The molecule has 0 atom stereocenters. The van der Waals surface area contributed by atoms with E-state index in [9.17, 15) is 18.5 Å². The Labute approximate surface area is 164 Å². The smallest absolute Gasteiger partial charge is 0.352 e. The molecule has 3 heterocycles. The van der Waals surface area contributed by atoms with Crippen LogP contribution in [0.5, 0.6) is 0 Å². The van der Waals surface area contributed by atoms with E-state index in [-0.39, 0.29) is 21.3 Å². The molecule has 8 nitrogen and oxygen atoms in total. The summed E-state index contributed by atoms with van der Waals surface area (Å²) < 4.78 is 32.0. The Hall–Kier alpha value is -3.17. The third-order valence-corrected chi connectivity index (χ3v) is 5.97. The van der Waals surface area contributed by atoms with E-state index in [2.05, 4.69) is 4.98 Å². The van der Waals surface area contributed by atoms with Crippen LogP contribution in [0.1, 0.15) is 5.69 Å². The third kappa shape index (κ3) is 3.14. The molecule has 0 aliphatic rings. The van der Waals surface area contributed by atoms with E-state index in [0.29, 0.717) is 11.3 Å². The number of halogens is 1. The van der Waals surface area contributed by atoms with E-state index in [1.807, 2.05) is 0 Å². The molecular weight excluding hydrogens is 406 g/mol. The number of nitro groups is 1. The Morgan fingerprint density at radius 1 is 1.18 bits per heavy atom. The number of nitrogens with zero attached hydrogens (tertiary/aromatic N) is 3. The lowest BCUT2D eigenvalue weighted by molar-refractivity contribution is -0.391. The third-order valence-electron chi connectivity index (χ3n) is 4.12. The molecule has 3 aromatic heterocycles. The molecular formula is C18H12ClN3O5S. The van der Waals surface area contributed by atoms with Gasteiger partial charge in [0.05, 0.1) is 21.7 Å². The molecule has 4 aromatic rings. The highest BCUT2D eigenvalue weighted by molar-refractivity contribution is 7.90. The van der Waals surface area contributed by atoms with E-state index < -0.39 is 26.3 Å². The summed E-state index contributed by atoms with van der Waals surface area (Å²) in [5.74, 6) is -0.667. The maximum Gasteiger partial charge on any atom is 0.352 e. The van der Waals surface area contributed by atoms with Crippen LogP contribution in [-0.4, -0.2) is 22.7 Å². The summed E-state index contributed by atoms with van der Waals surface area (Å²) in [6.45, 7) is 0. The second-order valence-corrected chi connectivity index (χ2v) is 8.38. The minimum atomic E-state index is -3.83. The van der Waals surface area contributed by atoms with Crippen LogP contribution >= 0.6 is 11.6 Å². The van der Waals surface area contributed by atoms with Gasteiger partial charge in [0.25, 0.3) is 0 Å². The van der Waals surface area contributed by atoms with Crippen LogP contribution in [0.25, 0.3) is 17.0 Å². The first-order chi connectivity index (χ1) is 13.4. The van der Waals surface area contributed by atoms with Gasteiger partial charge in [-0.3, -0.25) is 0 Å². The number of hydrogen-bond donors (Lipinski definition) is 0. The monoisotopic (exact) mass is 417 g/mol. The Morgan fingerprint density at radius 3 is 2.57 bits per heavy atom. The molecule has 0 saturated carbocycles. The van der Waals surface area contributed by atoms with E-state index in [1.54, 1.807) is 36.4 Å². The van der Waals surface area contributed by atoms with Gasteiger partial charge in [-0.2, -0.15) is 4.40 Å². The zero-order valence-corrected chi connectivity index (χ0v) is 15.7. The van der Waals surface area contributed by atoms with Gasteiger partial charge < -0.3 is 14.5 Å². The van der Waals surface area contributed by atoms with Crippen LogP contribution < -0.4 is 0 Å². The molecule has 0 spiro atoms. The molecule has 0 saturated heterocycles. The Morgan fingerprint density at radius 2 is 1.93 bits per heavy atom. The molecule has 0 N–H and O–H groups in total. The average molecular weight is 418 g/mol. The predicted octanol–water partition coefficient (Wildman–Crippen LogP) is 4.13. The Kier molecular flexibility index (Phi) is 4.40. The molecule has 4 rings (SSSR count). The molecule has 10 heteroatoms. The quantitative estimate of drug-likeness (QED) is 0.357. The minimum Gasteiger partial charge on any atom is -0.464 e. The van der Waals surface area contributed by atoms with Crippen molar-refractivity contribution in [3.63, 3.8) is 0 Å². The summed E-state index contributed by atoms with van der Waals surface area (Å²) in [6, 6.07) is 12.6. The highest BCUT2D eigenvalue weighted by atomic mass is 35.5. The molecule has 0 radical (unpaired) electrons. The largest absolute Gasteiger partial charge is 0.464 e. The van der Waals surface area contributed by atoms with Crippen molar-refractivity contribution in [2.45, 2.75) is 10.6 Å². The number of benzene rings is 1. The van der Waals surface area contributed by atoms with Crippen LogP contribution in [0.4, 0.5) is 5.82 Å². The molecule has 0 aliphatic carbocycles. The Bertz CT molecular complexity index is 1280. The fraction of sp³-hybridized carbons (Fsp3) is 0.0556. The first-order valence-corrected chi connectivity index (χ1v) is 10.1. The lowest BCUT2D eigenvalue weighted by Crippen LogP contribution is -2.07. The molecule has 0 unspecified atom stereocenters. The van der Waals surface area contributed by atoms with Gasteiger partial charge in [-0.25, -0.2) is 13.4 Å². The maximum atomic E-state index is 12.7. The summed E-state index contributed by atoms with van der Waals surface area (Å²) in [4.78, 5) is 15.4. The zero-order valence-electron chi connectivity index (χ0n) is 14.1. The van der Waals surface area contributed by atoms with E-state index >= 15 is 0 Å². The molecule has 1 aromatic carbocycles. The van der Waals surface area contributed by atoms with Crippen LogP contribution in [0, 0.1) is 10.1 Å². The predicted molar refractivity (Wildman–Crippen MR) is 102 cm³/mol. The minimum absolute atomic E-state index is 0.0608. The highest BCUT2D eigenvalue weighted by Gasteiger charge is 2.30. The van der Waals surface area contributed by atoms with Crippen molar-refractivity contribution in [2.24, 2.45) is 0 Å². The summed E-state index contributed by atoms with van der Waals surface area (Å²) in [6.07, 6.45) is 2.78. The van der Waals surface area contributed by atoms with Crippen LogP contribution in [0.15, 0.2) is 70.3 Å². The first-order valence-electron chi connectivity index (χ1n) is 8.03. The molecule has 28 heavy (non-hydrogen) atoms. The Balaban J connectivity index is 1.93. The van der Waals surface area contributed by atoms with Crippen molar-refractivity contribution in [1.29, 1.82) is 0 Å². The average Bonchev–Trinajstić information content (AvgIpc) is 3.29. The van der Waals surface area contributed by atoms with E-state index in [0.717, 1.165) is 0 Å². The van der Waals surface area contributed by atoms with Crippen molar-refractivity contribution in [2.75, 3.05) is 0 Å². The van der Waals surface area contributed by atoms with E-state index in [4.69, 9.17) is 16.0 Å². The second kappa shape index (κ2) is 6.77. The summed E-state index contributed by atoms with van der Waals surface area (Å²) in [5, 5.41) is 11.9. The van der Waals surface area contributed by atoms with Crippen molar-refractivity contribution in [3.05, 3.63) is 81.8 Å². The summed E-state index contributed by atoms with van der Waals surface area (Å²) >= 11 is 6.12. The van der Waals surface area contributed by atoms with Gasteiger partial charge in [-0.05, 0) is 35.3 Å². The lowest BCUT2D eigenvalue weighted by atomic mass is 10.2. The molecule has 142 valence electrons. The second-order valence-electron chi connectivity index (χ2n) is 5.95. The summed E-state index contributed by atoms with van der Waals surface area (Å²) in [7, 11) is -3.83. The number of fused-ring (bicyclic) bond motifs is 1. The zero-order chi connectivity index (χ0) is 19.9. The number of furan rings is 1. The SMILES string of the molecule is O=[N+]([O-])c1c(CS(=O)(=O)c2ccccc2)nc2c(-c3ccco3)cc(Cl)cn12. The fourth-order valence-corrected chi connectivity index (χ4v) is 4.44. The summed E-state index contributed by atoms with van der Waals surface area (Å²) in [5.41, 5.74) is 0.428. The van der Waals surface area contributed by atoms with Crippen LogP contribution in [0.3, 0.4) is 0 Å². The van der Waals surface area contributed by atoms with Gasteiger partial charge in [-0.1, -0.05) is 29.8 Å². The van der Waals surface area contributed by atoms with E-state index in [1.165, 1.54) is 29.0 Å². The lowest BCUT2D eigenvalue weighted by Gasteiger charge is -2.02. The van der Waals surface area contributed by atoms with Crippen molar-refractivity contribution in [1.82, 2.24) is 9.38 Å². The topological polar surface area (TPSA) is 108 Å². The molecule has 0 aliphatic heterocycles. The first kappa shape index (κ1) is 18.2. The fourth-order valence-electron chi connectivity index (χ4n) is 2.94. The number of aromatic nitrogens is 2. The number of pyridine rings is 1. The van der Waals surface area contributed by atoms with Crippen molar-refractivity contribution >= 4 is 32.9 Å². The standard InChI is InChI=1S/C18H12ClN3O5S/c19-12-9-14(16-7-4-8-27-16)17-20-15(18(22(23)24)21(17)10-12)11-28(25,26)13-5-2-1-3-6-13/h1-10H,11H2. The normalized spacial score (nSPS) is 11.8.